The van der Waals surface area contributed by atoms with Gasteiger partial charge in [0.25, 0.3) is 5.91 Å². The van der Waals surface area contributed by atoms with E-state index in [1.807, 2.05) is 43.1 Å². The molecule has 0 bridgehead atoms. The molecule has 1 N–H and O–H groups in total. The van der Waals surface area contributed by atoms with Crippen molar-refractivity contribution in [3.05, 3.63) is 35.4 Å². The fourth-order valence-corrected chi connectivity index (χ4v) is 2.04. The second-order valence-electron chi connectivity index (χ2n) is 4.43. The van der Waals surface area contributed by atoms with E-state index in [-0.39, 0.29) is 18.3 Å². The molecule has 1 aromatic carbocycles. The lowest BCUT2D eigenvalue weighted by Gasteiger charge is -2.23. The number of nitrogens with one attached hydrogen (secondary N) is 1. The minimum atomic E-state index is 0. The maximum absolute atomic E-state index is 12.1. The van der Waals surface area contributed by atoms with E-state index in [1.54, 1.807) is 0 Å². The lowest BCUT2D eigenvalue weighted by Crippen LogP contribution is -2.38. The van der Waals surface area contributed by atoms with Gasteiger partial charge in [-0.3, -0.25) is 4.79 Å². The van der Waals surface area contributed by atoms with Crippen molar-refractivity contribution in [1.29, 1.82) is 0 Å². The number of hydrogen-bond acceptors (Lipinski definition) is 2. The van der Waals surface area contributed by atoms with Gasteiger partial charge in [-0.05, 0) is 32.0 Å². The van der Waals surface area contributed by atoms with Crippen LogP contribution in [0.2, 0.25) is 0 Å². The molecule has 3 nitrogen and oxygen atoms in total. The molecule has 0 spiro atoms. The van der Waals surface area contributed by atoms with E-state index >= 15 is 0 Å². The molecule has 0 aliphatic carbocycles. The van der Waals surface area contributed by atoms with Crippen molar-refractivity contribution in [1.82, 2.24) is 10.2 Å². The Bertz CT molecular complexity index is 372. The Kier molecular flexibility index (Phi) is 4.97. The zero-order chi connectivity index (χ0) is 11.5. The van der Waals surface area contributed by atoms with Gasteiger partial charge in [0.1, 0.15) is 0 Å². The molecule has 1 unspecified atom stereocenters. The Morgan fingerprint density at radius 1 is 1.35 bits per heavy atom. The zero-order valence-corrected chi connectivity index (χ0v) is 11.1. The van der Waals surface area contributed by atoms with Gasteiger partial charge in [-0.2, -0.15) is 0 Å². The molecule has 1 amide bonds. The summed E-state index contributed by atoms with van der Waals surface area (Å²) < 4.78 is 0. The summed E-state index contributed by atoms with van der Waals surface area (Å²) in [4.78, 5) is 14.0. The third-order valence-electron chi connectivity index (χ3n) is 3.20. The summed E-state index contributed by atoms with van der Waals surface area (Å²) in [7, 11) is 1.89. The maximum atomic E-state index is 12.1. The highest BCUT2D eigenvalue weighted by molar-refractivity contribution is 5.94. The molecule has 1 aliphatic heterocycles. The molecule has 0 saturated carbocycles. The molecule has 2 rings (SSSR count). The first-order valence-electron chi connectivity index (χ1n) is 5.73. The third-order valence-corrected chi connectivity index (χ3v) is 3.20. The van der Waals surface area contributed by atoms with E-state index < -0.39 is 0 Å². The fraction of sp³-hybridized carbons (Fsp3) is 0.462. The van der Waals surface area contributed by atoms with Gasteiger partial charge < -0.3 is 10.2 Å². The van der Waals surface area contributed by atoms with Crippen molar-refractivity contribution in [2.75, 3.05) is 20.1 Å². The topological polar surface area (TPSA) is 32.3 Å². The summed E-state index contributed by atoms with van der Waals surface area (Å²) >= 11 is 0. The largest absolute Gasteiger partial charge is 0.337 e. The van der Waals surface area contributed by atoms with E-state index in [2.05, 4.69) is 5.32 Å². The molecule has 94 valence electrons. The van der Waals surface area contributed by atoms with Gasteiger partial charge in [0, 0.05) is 25.2 Å². The van der Waals surface area contributed by atoms with Crippen LogP contribution in [0.15, 0.2) is 24.3 Å². The average molecular weight is 255 g/mol. The van der Waals surface area contributed by atoms with E-state index in [0.717, 1.165) is 25.1 Å². The number of nitrogens with zero attached hydrogens (tertiary/aromatic N) is 1. The predicted molar refractivity (Wildman–Crippen MR) is 71.8 cm³/mol. The first-order chi connectivity index (χ1) is 7.68. The number of hydrogen-bond donors (Lipinski definition) is 1. The Labute approximate surface area is 109 Å². The molecular formula is C13H19ClN2O. The van der Waals surface area contributed by atoms with Crippen LogP contribution in [0.1, 0.15) is 22.3 Å². The Morgan fingerprint density at radius 2 is 2.00 bits per heavy atom. The first kappa shape index (κ1) is 14.0. The molecule has 4 heteroatoms. The van der Waals surface area contributed by atoms with Crippen molar-refractivity contribution < 1.29 is 4.79 Å². The summed E-state index contributed by atoms with van der Waals surface area (Å²) in [5.41, 5.74) is 1.96. The fourth-order valence-electron chi connectivity index (χ4n) is 2.04. The summed E-state index contributed by atoms with van der Waals surface area (Å²) in [6.07, 6.45) is 1.05. The highest BCUT2D eigenvalue weighted by Gasteiger charge is 2.23. The average Bonchev–Trinajstić information content (AvgIpc) is 2.81. The second-order valence-corrected chi connectivity index (χ2v) is 4.43. The van der Waals surface area contributed by atoms with Gasteiger partial charge in [0.05, 0.1) is 0 Å². The van der Waals surface area contributed by atoms with Crippen LogP contribution in [-0.4, -0.2) is 37.0 Å². The van der Waals surface area contributed by atoms with Crippen molar-refractivity contribution >= 4 is 18.3 Å². The summed E-state index contributed by atoms with van der Waals surface area (Å²) in [5, 5.41) is 3.27. The van der Waals surface area contributed by atoms with Crippen molar-refractivity contribution in [3.63, 3.8) is 0 Å². The Balaban J connectivity index is 0.00000144. The van der Waals surface area contributed by atoms with Gasteiger partial charge in [0.2, 0.25) is 0 Å². The standard InChI is InChI=1S/C13H18N2O.ClH/c1-10-3-5-11(6-4-10)13(16)15(2)12-7-8-14-9-12;/h3-6,12,14H,7-9H2,1-2H3;1H. The number of likely N-dealkylation sites (N-methyl/N-ethyl adjacent to an activating group) is 1. The van der Waals surface area contributed by atoms with E-state index in [9.17, 15) is 4.79 Å². The highest BCUT2D eigenvalue weighted by atomic mass is 35.5. The van der Waals surface area contributed by atoms with Crippen molar-refractivity contribution in [3.8, 4) is 0 Å². The van der Waals surface area contributed by atoms with E-state index in [1.165, 1.54) is 5.56 Å². The van der Waals surface area contributed by atoms with Crippen LogP contribution in [-0.2, 0) is 0 Å². The number of aryl methyl sites for hydroxylation is 1. The number of carbonyl (C=O) groups is 1. The molecule has 17 heavy (non-hydrogen) atoms. The SMILES string of the molecule is Cc1ccc(C(=O)N(C)C2CCNC2)cc1.Cl. The third kappa shape index (κ3) is 3.20. The molecule has 1 fully saturated rings. The summed E-state index contributed by atoms with van der Waals surface area (Å²) in [6.45, 7) is 3.95. The molecule has 1 aromatic rings. The summed E-state index contributed by atoms with van der Waals surface area (Å²) in [6, 6.07) is 8.10. The monoisotopic (exact) mass is 254 g/mol. The quantitative estimate of drug-likeness (QED) is 0.874. The van der Waals surface area contributed by atoms with E-state index in [4.69, 9.17) is 0 Å². The van der Waals surface area contributed by atoms with Crippen LogP contribution in [0.3, 0.4) is 0 Å². The second kappa shape index (κ2) is 6.03. The lowest BCUT2D eigenvalue weighted by molar-refractivity contribution is 0.0744. The van der Waals surface area contributed by atoms with Crippen LogP contribution in [0.4, 0.5) is 0 Å². The van der Waals surface area contributed by atoms with Crippen molar-refractivity contribution in [2.45, 2.75) is 19.4 Å². The molecule has 1 aliphatic rings. The van der Waals surface area contributed by atoms with Crippen LogP contribution in [0, 0.1) is 6.92 Å². The van der Waals surface area contributed by atoms with Gasteiger partial charge in [-0.15, -0.1) is 12.4 Å². The Morgan fingerprint density at radius 3 is 2.53 bits per heavy atom. The predicted octanol–water partition coefficient (Wildman–Crippen LogP) is 1.85. The minimum absolute atomic E-state index is 0. The number of halogens is 1. The lowest BCUT2D eigenvalue weighted by atomic mass is 10.1. The first-order valence-corrected chi connectivity index (χ1v) is 5.73. The molecule has 0 radical (unpaired) electrons. The molecule has 1 heterocycles. The highest BCUT2D eigenvalue weighted by Crippen LogP contribution is 2.12. The van der Waals surface area contributed by atoms with Gasteiger partial charge in [-0.1, -0.05) is 17.7 Å². The smallest absolute Gasteiger partial charge is 0.253 e. The van der Waals surface area contributed by atoms with Gasteiger partial charge in [0.15, 0.2) is 0 Å². The van der Waals surface area contributed by atoms with Crippen LogP contribution in [0.5, 0.6) is 0 Å². The maximum Gasteiger partial charge on any atom is 0.253 e. The van der Waals surface area contributed by atoms with E-state index in [0.29, 0.717) is 6.04 Å². The number of amides is 1. The van der Waals surface area contributed by atoms with Crippen LogP contribution < -0.4 is 5.32 Å². The van der Waals surface area contributed by atoms with Gasteiger partial charge >= 0.3 is 0 Å². The minimum Gasteiger partial charge on any atom is -0.337 e. The van der Waals surface area contributed by atoms with Gasteiger partial charge in [-0.25, -0.2) is 0 Å². The molecule has 1 saturated heterocycles. The van der Waals surface area contributed by atoms with Crippen LogP contribution >= 0.6 is 12.4 Å². The molecule has 1 atom stereocenters. The van der Waals surface area contributed by atoms with Crippen LogP contribution in [0.25, 0.3) is 0 Å². The molecular weight excluding hydrogens is 236 g/mol. The Hall–Kier alpha value is -1.06. The number of benzene rings is 1. The summed E-state index contributed by atoms with van der Waals surface area (Å²) in [5.74, 6) is 0.119. The zero-order valence-electron chi connectivity index (χ0n) is 10.3. The molecule has 0 aromatic heterocycles. The number of rotatable bonds is 2. The normalized spacial score (nSPS) is 18.6. The number of carbonyl (C=O) groups excluding carboxylic acids is 1. The van der Waals surface area contributed by atoms with Crippen molar-refractivity contribution in [2.24, 2.45) is 0 Å².